The Balaban J connectivity index is 1.62. The van der Waals surface area contributed by atoms with Gasteiger partial charge >= 0.3 is 5.97 Å². The Hall–Kier alpha value is -1.69. The molecular weight excluding hydrogens is 263 g/mol. The third kappa shape index (κ3) is 2.14. The first-order chi connectivity index (χ1) is 9.53. The molecule has 3 rings (SSSR count). The zero-order valence-electron chi connectivity index (χ0n) is 11.3. The van der Waals surface area contributed by atoms with E-state index in [2.05, 4.69) is 4.98 Å². The van der Waals surface area contributed by atoms with Gasteiger partial charge in [0.15, 0.2) is 11.6 Å². The quantitative estimate of drug-likeness (QED) is 0.913. The molecule has 1 spiro atoms. The van der Waals surface area contributed by atoms with Crippen molar-refractivity contribution in [2.75, 3.05) is 24.6 Å². The van der Waals surface area contributed by atoms with E-state index in [0.717, 1.165) is 38.6 Å². The number of carbonyl (C=O) groups is 1. The number of rotatable bonds is 4. The van der Waals surface area contributed by atoms with E-state index in [4.69, 9.17) is 9.84 Å². The molecule has 2 fully saturated rings. The number of pyridine rings is 1. The first-order valence-corrected chi connectivity index (χ1v) is 6.78. The topological polar surface area (TPSA) is 62.7 Å². The molecule has 1 aliphatic heterocycles. The molecule has 0 amide bonds. The van der Waals surface area contributed by atoms with Crippen LogP contribution < -0.4 is 4.90 Å². The molecule has 2 aliphatic rings. The summed E-state index contributed by atoms with van der Waals surface area (Å²) in [6, 6.07) is 1.03. The highest BCUT2D eigenvalue weighted by atomic mass is 19.1. The van der Waals surface area contributed by atoms with Crippen LogP contribution in [0.15, 0.2) is 12.3 Å². The summed E-state index contributed by atoms with van der Waals surface area (Å²) in [5.74, 6) is -1.48. The summed E-state index contributed by atoms with van der Waals surface area (Å²) in [5, 5.41) is 8.79. The van der Waals surface area contributed by atoms with E-state index in [-0.39, 0.29) is 16.8 Å². The molecule has 0 bridgehead atoms. The van der Waals surface area contributed by atoms with Crippen molar-refractivity contribution in [3.8, 4) is 0 Å². The normalized spacial score (nSPS) is 20.6. The van der Waals surface area contributed by atoms with Crippen molar-refractivity contribution in [2.24, 2.45) is 5.41 Å². The molecule has 20 heavy (non-hydrogen) atoms. The molecule has 0 unspecified atom stereocenters. The molecule has 2 heterocycles. The van der Waals surface area contributed by atoms with E-state index >= 15 is 0 Å². The molecule has 5 nitrogen and oxygen atoms in total. The van der Waals surface area contributed by atoms with E-state index in [1.54, 1.807) is 0 Å². The number of halogens is 1. The maximum absolute atomic E-state index is 13.9. The Bertz CT molecular complexity index is 535. The van der Waals surface area contributed by atoms with Gasteiger partial charge in [-0.25, -0.2) is 14.2 Å². The first kappa shape index (κ1) is 13.3. The molecule has 1 saturated carbocycles. The molecule has 1 aliphatic carbocycles. The van der Waals surface area contributed by atoms with Crippen molar-refractivity contribution in [3.05, 3.63) is 23.6 Å². The summed E-state index contributed by atoms with van der Waals surface area (Å²) in [7, 11) is 0. The van der Waals surface area contributed by atoms with Crippen molar-refractivity contribution in [1.29, 1.82) is 0 Å². The SMILES string of the molecule is CCOC1CC2(C1)CN(c1ncc(C(=O)O)cc1F)C2. The number of carboxylic acids is 1. The largest absolute Gasteiger partial charge is 0.478 e. The monoisotopic (exact) mass is 280 g/mol. The van der Waals surface area contributed by atoms with Crippen LogP contribution in [-0.2, 0) is 4.74 Å². The highest BCUT2D eigenvalue weighted by Crippen LogP contribution is 2.50. The molecule has 0 aromatic carbocycles. The van der Waals surface area contributed by atoms with Crippen LogP contribution in [-0.4, -0.2) is 41.9 Å². The Kier molecular flexibility index (Phi) is 3.12. The maximum Gasteiger partial charge on any atom is 0.337 e. The lowest BCUT2D eigenvalue weighted by molar-refractivity contribution is -0.0893. The number of nitrogens with zero attached hydrogens (tertiary/aromatic N) is 2. The van der Waals surface area contributed by atoms with E-state index < -0.39 is 11.8 Å². The van der Waals surface area contributed by atoms with Crippen LogP contribution in [0.4, 0.5) is 10.2 Å². The Morgan fingerprint density at radius 3 is 2.85 bits per heavy atom. The van der Waals surface area contributed by atoms with Gasteiger partial charge in [-0.15, -0.1) is 0 Å². The number of hydrogen-bond acceptors (Lipinski definition) is 4. The van der Waals surface area contributed by atoms with Crippen LogP contribution >= 0.6 is 0 Å². The van der Waals surface area contributed by atoms with Gasteiger partial charge in [0.25, 0.3) is 0 Å². The van der Waals surface area contributed by atoms with E-state index in [1.807, 2.05) is 11.8 Å². The molecule has 1 N–H and O–H groups in total. The van der Waals surface area contributed by atoms with Crippen LogP contribution in [0, 0.1) is 11.2 Å². The van der Waals surface area contributed by atoms with Gasteiger partial charge in [-0.2, -0.15) is 0 Å². The number of carboxylic acid groups (broad SMARTS) is 1. The van der Waals surface area contributed by atoms with Gasteiger partial charge in [0.1, 0.15) is 0 Å². The highest BCUT2D eigenvalue weighted by Gasteiger charge is 2.53. The highest BCUT2D eigenvalue weighted by molar-refractivity contribution is 5.87. The van der Waals surface area contributed by atoms with E-state index in [1.165, 1.54) is 6.20 Å². The number of aromatic nitrogens is 1. The lowest BCUT2D eigenvalue weighted by Gasteiger charge is -2.59. The summed E-state index contributed by atoms with van der Waals surface area (Å²) in [6.07, 6.45) is 3.59. The fourth-order valence-electron chi connectivity index (χ4n) is 3.21. The van der Waals surface area contributed by atoms with E-state index in [0.29, 0.717) is 6.10 Å². The second-order valence-electron chi connectivity index (χ2n) is 5.68. The second kappa shape index (κ2) is 4.70. The van der Waals surface area contributed by atoms with Gasteiger partial charge in [-0.3, -0.25) is 0 Å². The summed E-state index contributed by atoms with van der Waals surface area (Å²) in [6.45, 7) is 4.26. The van der Waals surface area contributed by atoms with Crippen molar-refractivity contribution in [3.63, 3.8) is 0 Å². The minimum atomic E-state index is -1.17. The Morgan fingerprint density at radius 1 is 1.60 bits per heavy atom. The average Bonchev–Trinajstić information content (AvgIpc) is 2.31. The van der Waals surface area contributed by atoms with Crippen LogP contribution in [0.25, 0.3) is 0 Å². The molecule has 0 radical (unpaired) electrons. The van der Waals surface area contributed by atoms with Gasteiger partial charge in [-0.1, -0.05) is 0 Å². The molecule has 0 atom stereocenters. The fraction of sp³-hybridized carbons (Fsp3) is 0.571. The van der Waals surface area contributed by atoms with Gasteiger partial charge < -0.3 is 14.7 Å². The average molecular weight is 280 g/mol. The Morgan fingerprint density at radius 2 is 2.30 bits per heavy atom. The minimum Gasteiger partial charge on any atom is -0.478 e. The van der Waals surface area contributed by atoms with Crippen molar-refractivity contribution < 1.29 is 19.0 Å². The number of aromatic carboxylic acids is 1. The number of anilines is 1. The summed E-state index contributed by atoms with van der Waals surface area (Å²) < 4.78 is 19.4. The van der Waals surface area contributed by atoms with Gasteiger partial charge in [0.05, 0.1) is 11.7 Å². The zero-order chi connectivity index (χ0) is 14.3. The summed E-state index contributed by atoms with van der Waals surface area (Å²) in [5.41, 5.74) is 0.126. The summed E-state index contributed by atoms with van der Waals surface area (Å²) in [4.78, 5) is 16.5. The van der Waals surface area contributed by atoms with Crippen molar-refractivity contribution in [1.82, 2.24) is 4.98 Å². The summed E-state index contributed by atoms with van der Waals surface area (Å²) >= 11 is 0. The first-order valence-electron chi connectivity index (χ1n) is 6.78. The van der Waals surface area contributed by atoms with Crippen LogP contribution in [0.1, 0.15) is 30.1 Å². The van der Waals surface area contributed by atoms with Crippen LogP contribution in [0.3, 0.4) is 0 Å². The molecule has 1 saturated heterocycles. The lowest BCUT2D eigenvalue weighted by Crippen LogP contribution is -2.64. The molecule has 108 valence electrons. The van der Waals surface area contributed by atoms with E-state index in [9.17, 15) is 9.18 Å². The molecule has 1 aromatic rings. The predicted octanol–water partition coefficient (Wildman–Crippen LogP) is 1.92. The molecule has 6 heteroatoms. The number of hydrogen-bond donors (Lipinski definition) is 1. The van der Waals surface area contributed by atoms with Crippen LogP contribution in [0.2, 0.25) is 0 Å². The van der Waals surface area contributed by atoms with Crippen molar-refractivity contribution >= 4 is 11.8 Å². The van der Waals surface area contributed by atoms with Gasteiger partial charge in [0, 0.05) is 31.3 Å². The van der Waals surface area contributed by atoms with Gasteiger partial charge in [-0.05, 0) is 25.8 Å². The van der Waals surface area contributed by atoms with Crippen molar-refractivity contribution in [2.45, 2.75) is 25.9 Å². The third-order valence-electron chi connectivity index (χ3n) is 4.14. The standard InChI is InChI=1S/C14H17FN2O3/c1-2-20-10-4-14(5-10)7-17(8-14)12-11(15)3-9(6-16-12)13(18)19/h3,6,10H,2,4-5,7-8H2,1H3,(H,18,19). The molecule has 1 aromatic heterocycles. The molecular formula is C14H17FN2O3. The zero-order valence-corrected chi connectivity index (χ0v) is 11.3. The fourth-order valence-corrected chi connectivity index (χ4v) is 3.21. The predicted molar refractivity (Wildman–Crippen MR) is 70.4 cm³/mol. The smallest absolute Gasteiger partial charge is 0.337 e. The van der Waals surface area contributed by atoms with Gasteiger partial charge in [0.2, 0.25) is 0 Å². The second-order valence-corrected chi connectivity index (χ2v) is 5.68. The lowest BCUT2D eigenvalue weighted by atomic mass is 9.62. The minimum absolute atomic E-state index is 0.124. The Labute approximate surface area is 116 Å². The third-order valence-corrected chi connectivity index (χ3v) is 4.14. The van der Waals surface area contributed by atoms with Crippen LogP contribution in [0.5, 0.6) is 0 Å². The number of ether oxygens (including phenoxy) is 1. The maximum atomic E-state index is 13.9.